The summed E-state index contributed by atoms with van der Waals surface area (Å²) >= 11 is 0. The van der Waals surface area contributed by atoms with Crippen LogP contribution in [0, 0.1) is 12.8 Å². The molecule has 0 saturated carbocycles. The summed E-state index contributed by atoms with van der Waals surface area (Å²) in [5.74, 6) is 1.87. The number of benzene rings is 1. The topological polar surface area (TPSA) is 110 Å². The van der Waals surface area contributed by atoms with Crippen molar-refractivity contribution in [1.29, 1.82) is 0 Å². The fraction of sp³-hybridized carbons (Fsp3) is 0.483. The average Bonchev–Trinajstić information content (AvgIpc) is 3.46. The number of nitrogens with one attached hydrogen (secondary N) is 1. The van der Waals surface area contributed by atoms with E-state index >= 15 is 0 Å². The first-order valence-corrected chi connectivity index (χ1v) is 13.4. The summed E-state index contributed by atoms with van der Waals surface area (Å²) in [6.07, 6.45) is 7.99. The summed E-state index contributed by atoms with van der Waals surface area (Å²) in [6, 6.07) is 7.93. The lowest BCUT2D eigenvalue weighted by Crippen LogP contribution is -2.42. The van der Waals surface area contributed by atoms with Gasteiger partial charge in [0.15, 0.2) is 12.2 Å². The zero-order valence-electron chi connectivity index (χ0n) is 21.9. The molecule has 9 heteroatoms. The van der Waals surface area contributed by atoms with Gasteiger partial charge in [-0.05, 0) is 79.0 Å². The fourth-order valence-electron chi connectivity index (χ4n) is 5.32. The Morgan fingerprint density at radius 3 is 2.97 bits per heavy atom. The van der Waals surface area contributed by atoms with E-state index in [1.807, 2.05) is 18.2 Å². The van der Waals surface area contributed by atoms with E-state index in [0.717, 1.165) is 68.9 Å². The lowest BCUT2D eigenvalue weighted by Gasteiger charge is -2.31. The number of β-amino-alcohol motifs (C(OH)–C–C–N with tert-alkyl or cyclic N) is 1. The maximum atomic E-state index is 12.7. The van der Waals surface area contributed by atoms with Crippen molar-refractivity contribution in [2.45, 2.75) is 51.9 Å². The minimum atomic E-state index is -0.670. The second-order valence-electron chi connectivity index (χ2n) is 10.2. The molecule has 1 atom stereocenters. The zero-order chi connectivity index (χ0) is 26.3. The maximum Gasteiger partial charge on any atom is 0.269 e. The SMILES string of the molecule is Cc1c(OCc2cnco2)ccc2c1CCN(C[C@@H](O)CNC(=O)c1cc(CC3CCOCC3)ccn1)C2. The monoisotopic (exact) mass is 520 g/mol. The molecule has 5 rings (SSSR count). The van der Waals surface area contributed by atoms with Crippen LogP contribution in [-0.4, -0.2) is 64.8 Å². The van der Waals surface area contributed by atoms with E-state index in [4.69, 9.17) is 13.9 Å². The van der Waals surface area contributed by atoms with Gasteiger partial charge >= 0.3 is 0 Å². The van der Waals surface area contributed by atoms with Gasteiger partial charge in [-0.2, -0.15) is 0 Å². The Morgan fingerprint density at radius 2 is 2.16 bits per heavy atom. The number of ether oxygens (including phenoxy) is 2. The molecule has 9 nitrogen and oxygen atoms in total. The predicted molar refractivity (Wildman–Crippen MR) is 141 cm³/mol. The van der Waals surface area contributed by atoms with Crippen LogP contribution in [0.5, 0.6) is 5.75 Å². The maximum absolute atomic E-state index is 12.7. The van der Waals surface area contributed by atoms with Gasteiger partial charge in [-0.3, -0.25) is 14.7 Å². The van der Waals surface area contributed by atoms with Gasteiger partial charge in [0.25, 0.3) is 5.91 Å². The molecule has 202 valence electrons. The average molecular weight is 521 g/mol. The Hall–Kier alpha value is -3.27. The van der Waals surface area contributed by atoms with Crippen LogP contribution < -0.4 is 10.1 Å². The van der Waals surface area contributed by atoms with E-state index in [1.54, 1.807) is 12.4 Å². The second kappa shape index (κ2) is 12.5. The number of aromatic nitrogens is 2. The van der Waals surface area contributed by atoms with E-state index in [0.29, 0.717) is 30.5 Å². The van der Waals surface area contributed by atoms with Crippen molar-refractivity contribution in [3.8, 4) is 5.75 Å². The summed E-state index contributed by atoms with van der Waals surface area (Å²) in [5, 5.41) is 13.5. The van der Waals surface area contributed by atoms with Crippen LogP contribution in [0.25, 0.3) is 0 Å². The highest BCUT2D eigenvalue weighted by Crippen LogP contribution is 2.30. The number of aliphatic hydroxyl groups is 1. The van der Waals surface area contributed by atoms with Crippen molar-refractivity contribution in [3.05, 3.63) is 76.8 Å². The molecular formula is C29H36N4O5. The van der Waals surface area contributed by atoms with Crippen LogP contribution in [0.15, 0.2) is 47.5 Å². The number of fused-ring (bicyclic) bond motifs is 1. The number of oxazole rings is 1. The molecule has 2 aliphatic rings. The molecule has 1 fully saturated rings. The molecule has 2 aromatic heterocycles. The summed E-state index contributed by atoms with van der Waals surface area (Å²) in [4.78, 5) is 23.1. The van der Waals surface area contributed by atoms with Gasteiger partial charge in [-0.15, -0.1) is 0 Å². The number of nitrogens with zero attached hydrogens (tertiary/aromatic N) is 3. The molecule has 2 aliphatic heterocycles. The van der Waals surface area contributed by atoms with Gasteiger partial charge < -0.3 is 24.3 Å². The number of amides is 1. The van der Waals surface area contributed by atoms with E-state index in [2.05, 4.69) is 33.2 Å². The van der Waals surface area contributed by atoms with Crippen LogP contribution >= 0.6 is 0 Å². The second-order valence-corrected chi connectivity index (χ2v) is 10.2. The van der Waals surface area contributed by atoms with Gasteiger partial charge in [-0.1, -0.05) is 6.07 Å². The van der Waals surface area contributed by atoms with Gasteiger partial charge in [0, 0.05) is 45.6 Å². The normalized spacial score (nSPS) is 17.1. The fourth-order valence-corrected chi connectivity index (χ4v) is 5.32. The Morgan fingerprint density at radius 1 is 1.29 bits per heavy atom. The smallest absolute Gasteiger partial charge is 0.269 e. The zero-order valence-corrected chi connectivity index (χ0v) is 21.9. The standard InChI is InChI=1S/C29H36N4O5/c1-20-26-5-9-33(16-23(26)2-3-28(20)37-18-25-15-30-19-38-25)17-24(34)14-32-29(35)27-13-22(4-8-31-27)12-21-6-10-36-11-7-21/h2-4,8,13,15,19,21,24,34H,5-7,9-12,14,16-18H2,1H3,(H,32,35)/t24-/m0/s1. The molecule has 1 saturated heterocycles. The quantitative estimate of drug-likeness (QED) is 0.420. The molecule has 1 aromatic carbocycles. The highest BCUT2D eigenvalue weighted by molar-refractivity contribution is 5.92. The first-order chi connectivity index (χ1) is 18.5. The summed E-state index contributed by atoms with van der Waals surface area (Å²) in [5.41, 5.74) is 5.19. The van der Waals surface area contributed by atoms with Gasteiger partial charge in [-0.25, -0.2) is 4.98 Å². The number of hydrogen-bond acceptors (Lipinski definition) is 8. The minimum absolute atomic E-state index is 0.182. The van der Waals surface area contributed by atoms with Crippen molar-refractivity contribution >= 4 is 5.91 Å². The first-order valence-electron chi connectivity index (χ1n) is 13.4. The number of carbonyl (C=O) groups is 1. The van der Waals surface area contributed by atoms with Crippen LogP contribution in [0.1, 0.15) is 51.3 Å². The van der Waals surface area contributed by atoms with E-state index in [9.17, 15) is 9.90 Å². The third-order valence-electron chi connectivity index (χ3n) is 7.46. The molecule has 1 amide bonds. The lowest BCUT2D eigenvalue weighted by atomic mass is 9.92. The Bertz CT molecular complexity index is 1210. The molecule has 38 heavy (non-hydrogen) atoms. The van der Waals surface area contributed by atoms with E-state index < -0.39 is 6.10 Å². The molecule has 0 spiro atoms. The third kappa shape index (κ3) is 6.78. The van der Waals surface area contributed by atoms with Crippen molar-refractivity contribution in [2.75, 3.05) is 32.8 Å². The minimum Gasteiger partial charge on any atom is -0.485 e. The first kappa shape index (κ1) is 26.3. The number of aliphatic hydroxyl groups excluding tert-OH is 1. The number of rotatable bonds is 10. The Labute approximate surface area is 223 Å². The highest BCUT2D eigenvalue weighted by Gasteiger charge is 2.22. The third-order valence-corrected chi connectivity index (χ3v) is 7.46. The Balaban J connectivity index is 1.09. The van der Waals surface area contributed by atoms with Crippen LogP contribution in [0.4, 0.5) is 0 Å². The largest absolute Gasteiger partial charge is 0.485 e. The van der Waals surface area contributed by atoms with Crippen molar-refractivity contribution in [3.63, 3.8) is 0 Å². The van der Waals surface area contributed by atoms with Crippen LogP contribution in [0.2, 0.25) is 0 Å². The number of carbonyl (C=O) groups excluding carboxylic acids is 1. The van der Waals surface area contributed by atoms with Gasteiger partial charge in [0.05, 0.1) is 12.3 Å². The molecular weight excluding hydrogens is 484 g/mol. The molecule has 0 bridgehead atoms. The Kier molecular flexibility index (Phi) is 8.68. The molecule has 0 aliphatic carbocycles. The predicted octanol–water partition coefficient (Wildman–Crippen LogP) is 3.08. The van der Waals surface area contributed by atoms with Crippen molar-refractivity contribution in [1.82, 2.24) is 20.2 Å². The lowest BCUT2D eigenvalue weighted by molar-refractivity contribution is 0.0665. The van der Waals surface area contributed by atoms with Crippen LogP contribution in [0.3, 0.4) is 0 Å². The molecule has 4 heterocycles. The van der Waals surface area contributed by atoms with Gasteiger partial charge in [0.1, 0.15) is 18.1 Å². The molecule has 0 radical (unpaired) electrons. The molecule has 3 aromatic rings. The summed E-state index contributed by atoms with van der Waals surface area (Å²) in [7, 11) is 0. The highest BCUT2D eigenvalue weighted by atomic mass is 16.5. The molecule has 0 unspecified atom stereocenters. The van der Waals surface area contributed by atoms with Gasteiger partial charge in [0.2, 0.25) is 0 Å². The van der Waals surface area contributed by atoms with E-state index in [-0.39, 0.29) is 12.5 Å². The summed E-state index contributed by atoms with van der Waals surface area (Å²) < 4.78 is 16.6. The van der Waals surface area contributed by atoms with E-state index in [1.165, 1.54) is 17.5 Å². The summed E-state index contributed by atoms with van der Waals surface area (Å²) in [6.45, 7) is 6.30. The number of hydrogen-bond donors (Lipinski definition) is 2. The number of pyridine rings is 1. The van der Waals surface area contributed by atoms with Crippen LogP contribution in [-0.2, 0) is 30.7 Å². The van der Waals surface area contributed by atoms with Crippen molar-refractivity contribution < 1.29 is 23.8 Å². The van der Waals surface area contributed by atoms with Crippen molar-refractivity contribution in [2.24, 2.45) is 5.92 Å². The molecule has 2 N–H and O–H groups in total.